The zero-order valence-electron chi connectivity index (χ0n) is 11.2. The molecule has 0 aliphatic carbocycles. The van der Waals surface area contributed by atoms with Crippen molar-refractivity contribution in [1.29, 1.82) is 0 Å². The summed E-state index contributed by atoms with van der Waals surface area (Å²) in [4.78, 5) is 11.6. The van der Waals surface area contributed by atoms with Gasteiger partial charge in [0.25, 0.3) is 0 Å². The molecule has 1 N–H and O–H groups in total. The molecule has 0 rings (SSSR count). The van der Waals surface area contributed by atoms with Gasteiger partial charge in [0.15, 0.2) is 0 Å². The summed E-state index contributed by atoms with van der Waals surface area (Å²) in [6.07, 6.45) is 4.22. The minimum atomic E-state index is -3.32. The average molecular weight is 264 g/mol. The fraction of sp³-hybridized carbons (Fsp3) is 0.909. The zero-order chi connectivity index (χ0) is 13.5. The molecule has 0 atom stereocenters. The van der Waals surface area contributed by atoms with Crippen LogP contribution in [-0.4, -0.2) is 44.0 Å². The van der Waals surface area contributed by atoms with Gasteiger partial charge in [0.05, 0.1) is 12.8 Å². The number of nitrogens with zero attached hydrogens (tertiary/aromatic N) is 1. The molecule has 0 saturated heterocycles. The third-order valence-electron chi connectivity index (χ3n) is 2.40. The number of carbonyl (C=O) groups excluding carboxylic acids is 1. The molecule has 0 aromatic rings. The number of hydrogen-bond acceptors (Lipinski definition) is 3. The highest BCUT2D eigenvalue weighted by molar-refractivity contribution is 7.88. The third kappa shape index (κ3) is 7.33. The smallest absolute Gasteiger partial charge is 0.235 e. The van der Waals surface area contributed by atoms with E-state index >= 15 is 0 Å². The van der Waals surface area contributed by atoms with Gasteiger partial charge in [-0.2, -0.15) is 4.31 Å². The van der Waals surface area contributed by atoms with Crippen molar-refractivity contribution in [2.75, 3.05) is 19.3 Å². The summed E-state index contributed by atoms with van der Waals surface area (Å²) in [6, 6.07) is -0.202. The van der Waals surface area contributed by atoms with Crippen molar-refractivity contribution in [2.24, 2.45) is 0 Å². The van der Waals surface area contributed by atoms with Gasteiger partial charge in [0.2, 0.25) is 15.9 Å². The largest absolute Gasteiger partial charge is 0.355 e. The molecule has 0 saturated carbocycles. The van der Waals surface area contributed by atoms with E-state index in [-0.39, 0.29) is 18.5 Å². The Balaban J connectivity index is 4.15. The van der Waals surface area contributed by atoms with Crippen molar-refractivity contribution >= 4 is 15.9 Å². The normalized spacial score (nSPS) is 12.1. The first-order valence-corrected chi connectivity index (χ1v) is 7.87. The van der Waals surface area contributed by atoms with Crippen molar-refractivity contribution in [3.05, 3.63) is 0 Å². The van der Waals surface area contributed by atoms with Gasteiger partial charge < -0.3 is 5.32 Å². The van der Waals surface area contributed by atoms with E-state index in [9.17, 15) is 13.2 Å². The Bertz CT molecular complexity index is 326. The van der Waals surface area contributed by atoms with Crippen molar-refractivity contribution in [3.63, 3.8) is 0 Å². The molecule has 0 heterocycles. The Morgan fingerprint density at radius 1 is 1.29 bits per heavy atom. The van der Waals surface area contributed by atoms with Crippen LogP contribution in [0.1, 0.15) is 40.0 Å². The first kappa shape index (κ1) is 16.4. The van der Waals surface area contributed by atoms with Crippen molar-refractivity contribution in [3.8, 4) is 0 Å². The topological polar surface area (TPSA) is 66.5 Å². The zero-order valence-corrected chi connectivity index (χ0v) is 12.0. The molecule has 6 heteroatoms. The second-order valence-electron chi connectivity index (χ2n) is 4.46. The number of unbranched alkanes of at least 4 members (excludes halogenated alkanes) is 2. The number of sulfonamides is 1. The van der Waals surface area contributed by atoms with Gasteiger partial charge >= 0.3 is 0 Å². The molecule has 17 heavy (non-hydrogen) atoms. The molecule has 102 valence electrons. The summed E-state index contributed by atoms with van der Waals surface area (Å²) in [5.41, 5.74) is 0. The fourth-order valence-corrected chi connectivity index (χ4v) is 2.60. The standard InChI is InChI=1S/C11H24N2O3S/c1-5-6-7-8-12-11(14)9-13(10(2)3)17(4,15)16/h10H,5-9H2,1-4H3,(H,12,14). The van der Waals surface area contributed by atoms with Crippen LogP contribution in [0.2, 0.25) is 0 Å². The van der Waals surface area contributed by atoms with Crippen LogP contribution < -0.4 is 5.32 Å². The highest BCUT2D eigenvalue weighted by Crippen LogP contribution is 2.04. The molecular weight excluding hydrogens is 240 g/mol. The van der Waals surface area contributed by atoms with Gasteiger partial charge in [-0.1, -0.05) is 19.8 Å². The SMILES string of the molecule is CCCCCNC(=O)CN(C(C)C)S(C)(=O)=O. The lowest BCUT2D eigenvalue weighted by Gasteiger charge is -2.23. The Morgan fingerprint density at radius 2 is 1.88 bits per heavy atom. The van der Waals surface area contributed by atoms with Crippen LogP contribution in [0.3, 0.4) is 0 Å². The van der Waals surface area contributed by atoms with Crippen LogP contribution in [-0.2, 0) is 14.8 Å². The van der Waals surface area contributed by atoms with Crippen molar-refractivity contribution < 1.29 is 13.2 Å². The first-order valence-electron chi connectivity index (χ1n) is 6.02. The molecule has 5 nitrogen and oxygen atoms in total. The maximum Gasteiger partial charge on any atom is 0.235 e. The quantitative estimate of drug-likeness (QED) is 0.664. The predicted octanol–water partition coefficient (Wildman–Crippen LogP) is 0.963. The van der Waals surface area contributed by atoms with E-state index in [0.717, 1.165) is 25.5 Å². The average Bonchev–Trinajstić information content (AvgIpc) is 2.19. The summed E-state index contributed by atoms with van der Waals surface area (Å²) in [5, 5.41) is 2.73. The van der Waals surface area contributed by atoms with Crippen molar-refractivity contribution in [1.82, 2.24) is 9.62 Å². The highest BCUT2D eigenvalue weighted by atomic mass is 32.2. The van der Waals surface area contributed by atoms with Gasteiger partial charge in [0, 0.05) is 12.6 Å². The van der Waals surface area contributed by atoms with Gasteiger partial charge in [-0.25, -0.2) is 8.42 Å². The maximum absolute atomic E-state index is 11.6. The van der Waals surface area contributed by atoms with Gasteiger partial charge in [-0.3, -0.25) is 4.79 Å². The molecule has 0 aromatic carbocycles. The van der Waals surface area contributed by atoms with Gasteiger partial charge in [-0.15, -0.1) is 0 Å². The van der Waals surface area contributed by atoms with E-state index in [2.05, 4.69) is 12.2 Å². The molecule has 0 fully saturated rings. The Morgan fingerprint density at radius 3 is 2.29 bits per heavy atom. The van der Waals surface area contributed by atoms with E-state index in [4.69, 9.17) is 0 Å². The van der Waals surface area contributed by atoms with Crippen LogP contribution in [0.4, 0.5) is 0 Å². The van der Waals surface area contributed by atoms with Crippen LogP contribution >= 0.6 is 0 Å². The minimum Gasteiger partial charge on any atom is -0.355 e. The fourth-order valence-electron chi connectivity index (χ4n) is 1.48. The van der Waals surface area contributed by atoms with E-state index < -0.39 is 10.0 Å². The van der Waals surface area contributed by atoms with Crippen LogP contribution in [0.5, 0.6) is 0 Å². The molecule has 0 aliphatic heterocycles. The Kier molecular flexibility index (Phi) is 7.38. The summed E-state index contributed by atoms with van der Waals surface area (Å²) in [6.45, 7) is 6.12. The van der Waals surface area contributed by atoms with Crippen molar-refractivity contribution in [2.45, 2.75) is 46.1 Å². The predicted molar refractivity (Wildman–Crippen MR) is 69.2 cm³/mol. The molecule has 1 amide bonds. The van der Waals surface area contributed by atoms with E-state index in [1.807, 2.05) is 0 Å². The highest BCUT2D eigenvalue weighted by Gasteiger charge is 2.22. The summed E-state index contributed by atoms with van der Waals surface area (Å²) >= 11 is 0. The number of hydrogen-bond donors (Lipinski definition) is 1. The van der Waals surface area contributed by atoms with E-state index in [1.165, 1.54) is 4.31 Å². The Hall–Kier alpha value is -0.620. The molecule has 0 bridgehead atoms. The number of amides is 1. The monoisotopic (exact) mass is 264 g/mol. The lowest BCUT2D eigenvalue weighted by molar-refractivity contribution is -0.121. The summed E-state index contributed by atoms with van der Waals surface area (Å²) in [5.74, 6) is -0.236. The minimum absolute atomic E-state index is 0.0946. The number of rotatable bonds is 8. The van der Waals surface area contributed by atoms with E-state index in [0.29, 0.717) is 6.54 Å². The lowest BCUT2D eigenvalue weighted by Crippen LogP contribution is -2.43. The molecule has 0 spiro atoms. The Labute approximate surface area is 105 Å². The van der Waals surface area contributed by atoms with Crippen LogP contribution in [0.25, 0.3) is 0 Å². The first-order chi connectivity index (χ1) is 7.79. The van der Waals surface area contributed by atoms with Crippen LogP contribution in [0.15, 0.2) is 0 Å². The van der Waals surface area contributed by atoms with E-state index in [1.54, 1.807) is 13.8 Å². The van der Waals surface area contributed by atoms with Gasteiger partial charge in [-0.05, 0) is 20.3 Å². The number of nitrogens with one attached hydrogen (secondary N) is 1. The summed E-state index contributed by atoms with van der Waals surface area (Å²) < 4.78 is 24.1. The molecule has 0 aromatic heterocycles. The van der Waals surface area contributed by atoms with Gasteiger partial charge in [0.1, 0.15) is 0 Å². The molecule has 0 unspecified atom stereocenters. The lowest BCUT2D eigenvalue weighted by atomic mass is 10.2. The summed E-state index contributed by atoms with van der Waals surface area (Å²) in [7, 11) is -3.32. The maximum atomic E-state index is 11.6. The molecular formula is C11H24N2O3S. The third-order valence-corrected chi connectivity index (χ3v) is 3.81. The van der Waals surface area contributed by atoms with Crippen LogP contribution in [0, 0.1) is 0 Å². The molecule has 0 radical (unpaired) electrons. The second-order valence-corrected chi connectivity index (χ2v) is 6.39. The number of carbonyl (C=O) groups is 1. The second kappa shape index (κ2) is 7.66. The molecule has 0 aliphatic rings.